The summed E-state index contributed by atoms with van der Waals surface area (Å²) in [7, 11) is 4.96. The van der Waals surface area contributed by atoms with E-state index in [0.29, 0.717) is 22.1 Å². The van der Waals surface area contributed by atoms with Crippen molar-refractivity contribution in [1.29, 1.82) is 0 Å². The Morgan fingerprint density at radius 1 is 1.05 bits per heavy atom. The predicted octanol–water partition coefficient (Wildman–Crippen LogP) is 3.81. The molecule has 112 valence electrons. The minimum Gasteiger partial charge on any atom is -0.497 e. The molecule has 0 aliphatic heterocycles. The van der Waals surface area contributed by atoms with Crippen LogP contribution in [0.4, 0.5) is 4.39 Å². The second-order valence-corrected chi connectivity index (χ2v) is 4.94. The van der Waals surface area contributed by atoms with Crippen molar-refractivity contribution in [2.24, 2.45) is 0 Å². The highest BCUT2D eigenvalue weighted by molar-refractivity contribution is 6.31. The molecule has 2 rings (SSSR count). The maximum Gasteiger partial charge on any atom is 0.123 e. The zero-order valence-electron chi connectivity index (χ0n) is 12.1. The second kappa shape index (κ2) is 6.78. The molecule has 21 heavy (non-hydrogen) atoms. The van der Waals surface area contributed by atoms with E-state index in [-0.39, 0.29) is 11.9 Å². The molecule has 0 fully saturated rings. The Balaban J connectivity index is 2.52. The van der Waals surface area contributed by atoms with Crippen LogP contribution in [0.25, 0.3) is 0 Å². The maximum absolute atomic E-state index is 13.5. The molecule has 0 spiro atoms. The minimum atomic E-state index is -0.329. The van der Waals surface area contributed by atoms with Crippen LogP contribution >= 0.6 is 11.6 Å². The number of methoxy groups -OCH3 is 2. The van der Waals surface area contributed by atoms with Crippen molar-refractivity contribution in [2.75, 3.05) is 21.3 Å². The van der Waals surface area contributed by atoms with Crippen LogP contribution in [0.15, 0.2) is 36.4 Å². The van der Waals surface area contributed by atoms with Gasteiger partial charge >= 0.3 is 0 Å². The Labute approximate surface area is 128 Å². The summed E-state index contributed by atoms with van der Waals surface area (Å²) in [6.07, 6.45) is 0. The molecule has 0 saturated heterocycles. The van der Waals surface area contributed by atoms with Gasteiger partial charge < -0.3 is 14.8 Å². The Hall–Kier alpha value is -1.78. The third kappa shape index (κ3) is 3.46. The number of nitrogens with one attached hydrogen (secondary N) is 1. The normalized spacial score (nSPS) is 12.0. The van der Waals surface area contributed by atoms with E-state index in [1.807, 2.05) is 12.1 Å². The van der Waals surface area contributed by atoms with Crippen LogP contribution in [0.2, 0.25) is 5.02 Å². The Morgan fingerprint density at radius 3 is 2.19 bits per heavy atom. The van der Waals surface area contributed by atoms with Gasteiger partial charge in [0, 0.05) is 11.1 Å². The molecular weight excluding hydrogens is 293 g/mol. The molecule has 0 aliphatic rings. The van der Waals surface area contributed by atoms with E-state index >= 15 is 0 Å². The maximum atomic E-state index is 13.5. The van der Waals surface area contributed by atoms with E-state index < -0.39 is 0 Å². The first kappa shape index (κ1) is 15.6. The molecule has 0 radical (unpaired) electrons. The molecule has 0 aromatic heterocycles. The van der Waals surface area contributed by atoms with Gasteiger partial charge in [0.15, 0.2) is 0 Å². The molecule has 0 aliphatic carbocycles. The highest BCUT2D eigenvalue weighted by Crippen LogP contribution is 2.33. The van der Waals surface area contributed by atoms with Crippen LogP contribution in [-0.4, -0.2) is 21.3 Å². The lowest BCUT2D eigenvalue weighted by atomic mass is 9.98. The van der Waals surface area contributed by atoms with E-state index in [1.165, 1.54) is 12.1 Å². The van der Waals surface area contributed by atoms with Gasteiger partial charge in [-0.15, -0.1) is 0 Å². The van der Waals surface area contributed by atoms with Crippen LogP contribution in [0, 0.1) is 5.82 Å². The topological polar surface area (TPSA) is 30.5 Å². The van der Waals surface area contributed by atoms with Crippen LogP contribution < -0.4 is 14.8 Å². The van der Waals surface area contributed by atoms with Gasteiger partial charge in [-0.2, -0.15) is 0 Å². The van der Waals surface area contributed by atoms with E-state index in [9.17, 15) is 4.39 Å². The molecule has 0 amide bonds. The largest absolute Gasteiger partial charge is 0.497 e. The first-order chi connectivity index (χ1) is 10.1. The van der Waals surface area contributed by atoms with Crippen molar-refractivity contribution < 1.29 is 13.9 Å². The Kier molecular flexibility index (Phi) is 5.04. The zero-order chi connectivity index (χ0) is 15.4. The van der Waals surface area contributed by atoms with Gasteiger partial charge in [0.05, 0.1) is 20.3 Å². The van der Waals surface area contributed by atoms with Gasteiger partial charge in [0.2, 0.25) is 0 Å². The molecule has 0 saturated carbocycles. The average molecular weight is 310 g/mol. The van der Waals surface area contributed by atoms with Crippen molar-refractivity contribution in [1.82, 2.24) is 5.32 Å². The lowest BCUT2D eigenvalue weighted by Crippen LogP contribution is -2.18. The van der Waals surface area contributed by atoms with Gasteiger partial charge in [-0.3, -0.25) is 0 Å². The number of hydrogen-bond donors (Lipinski definition) is 1. The van der Waals surface area contributed by atoms with Crippen molar-refractivity contribution >= 4 is 11.6 Å². The van der Waals surface area contributed by atoms with Crippen molar-refractivity contribution in [3.63, 3.8) is 0 Å². The highest BCUT2D eigenvalue weighted by Gasteiger charge is 2.18. The number of rotatable bonds is 5. The molecule has 0 heterocycles. The molecule has 0 bridgehead atoms. The Morgan fingerprint density at radius 2 is 1.67 bits per heavy atom. The minimum absolute atomic E-state index is 0.266. The number of halogens is 2. The molecule has 1 N–H and O–H groups in total. The summed E-state index contributed by atoms with van der Waals surface area (Å²) in [4.78, 5) is 0. The first-order valence-electron chi connectivity index (χ1n) is 6.44. The first-order valence-corrected chi connectivity index (χ1v) is 6.82. The summed E-state index contributed by atoms with van der Waals surface area (Å²) in [6, 6.07) is 9.56. The fraction of sp³-hybridized carbons (Fsp3) is 0.250. The number of hydrogen-bond acceptors (Lipinski definition) is 3. The predicted molar refractivity (Wildman–Crippen MR) is 81.9 cm³/mol. The van der Waals surface area contributed by atoms with Gasteiger partial charge in [0.1, 0.15) is 17.3 Å². The summed E-state index contributed by atoms with van der Waals surface area (Å²) in [5.41, 5.74) is 1.54. The van der Waals surface area contributed by atoms with E-state index in [1.54, 1.807) is 33.4 Å². The molecule has 2 aromatic carbocycles. The van der Waals surface area contributed by atoms with Crippen LogP contribution in [0.3, 0.4) is 0 Å². The van der Waals surface area contributed by atoms with Crippen LogP contribution in [0.1, 0.15) is 17.2 Å². The van der Waals surface area contributed by atoms with Crippen molar-refractivity contribution in [3.05, 3.63) is 58.4 Å². The molecule has 1 atom stereocenters. The summed E-state index contributed by atoms with van der Waals surface area (Å²) in [5, 5.41) is 3.64. The Bertz CT molecular complexity index is 611. The second-order valence-electron chi connectivity index (χ2n) is 4.53. The number of ether oxygens (including phenoxy) is 2. The fourth-order valence-electron chi connectivity index (χ4n) is 2.23. The van der Waals surface area contributed by atoms with Crippen LogP contribution in [-0.2, 0) is 0 Å². The summed E-state index contributed by atoms with van der Waals surface area (Å²) < 4.78 is 24.0. The third-order valence-corrected chi connectivity index (χ3v) is 3.61. The lowest BCUT2D eigenvalue weighted by Gasteiger charge is -2.20. The molecular formula is C16H17ClFNO2. The molecule has 1 unspecified atom stereocenters. The van der Waals surface area contributed by atoms with Gasteiger partial charge in [-0.1, -0.05) is 11.6 Å². The zero-order valence-corrected chi connectivity index (χ0v) is 12.9. The SMILES string of the molecule is CNC(c1cc(OC)cc(OC)c1)c1cc(F)ccc1Cl. The standard InChI is InChI=1S/C16H17ClFNO2/c1-19-16(14-8-11(18)4-5-15(14)17)10-6-12(20-2)9-13(7-10)21-3/h4-9,16,19H,1-3H3. The van der Waals surface area contributed by atoms with Gasteiger partial charge in [-0.05, 0) is 48.5 Å². The number of benzene rings is 2. The van der Waals surface area contributed by atoms with Crippen molar-refractivity contribution in [2.45, 2.75) is 6.04 Å². The van der Waals surface area contributed by atoms with Gasteiger partial charge in [0.25, 0.3) is 0 Å². The molecule has 5 heteroatoms. The van der Waals surface area contributed by atoms with Gasteiger partial charge in [-0.25, -0.2) is 4.39 Å². The quantitative estimate of drug-likeness (QED) is 0.911. The fourth-order valence-corrected chi connectivity index (χ4v) is 2.46. The van der Waals surface area contributed by atoms with Crippen LogP contribution in [0.5, 0.6) is 11.5 Å². The molecule has 3 nitrogen and oxygen atoms in total. The lowest BCUT2D eigenvalue weighted by molar-refractivity contribution is 0.392. The average Bonchev–Trinajstić information content (AvgIpc) is 2.51. The summed E-state index contributed by atoms with van der Waals surface area (Å²) in [5.74, 6) is 0.999. The summed E-state index contributed by atoms with van der Waals surface area (Å²) in [6.45, 7) is 0. The third-order valence-electron chi connectivity index (χ3n) is 3.26. The van der Waals surface area contributed by atoms with Crippen molar-refractivity contribution in [3.8, 4) is 11.5 Å². The van der Waals surface area contributed by atoms with E-state index in [2.05, 4.69) is 5.32 Å². The monoisotopic (exact) mass is 309 g/mol. The molecule has 2 aromatic rings. The van der Waals surface area contributed by atoms with E-state index in [0.717, 1.165) is 5.56 Å². The van der Waals surface area contributed by atoms with E-state index in [4.69, 9.17) is 21.1 Å². The smallest absolute Gasteiger partial charge is 0.123 e. The highest BCUT2D eigenvalue weighted by atomic mass is 35.5. The summed E-state index contributed by atoms with van der Waals surface area (Å²) >= 11 is 6.20.